The lowest BCUT2D eigenvalue weighted by molar-refractivity contribution is -0.129. The highest BCUT2D eigenvalue weighted by Crippen LogP contribution is 2.39. The van der Waals surface area contributed by atoms with Crippen LogP contribution in [-0.4, -0.2) is 76.0 Å². The number of anilines is 1. The van der Waals surface area contributed by atoms with Crippen molar-refractivity contribution in [2.75, 3.05) is 51.5 Å². The average molecular weight is 383 g/mol. The van der Waals surface area contributed by atoms with Gasteiger partial charge in [0.05, 0.1) is 12.6 Å². The number of carbonyl (C=O) groups excluding carboxylic acids is 1. The number of amides is 1. The van der Waals surface area contributed by atoms with Crippen molar-refractivity contribution >= 4 is 21.4 Å². The highest BCUT2D eigenvalue weighted by molar-refractivity contribution is 7.94. The van der Waals surface area contributed by atoms with Crippen LogP contribution in [0, 0.1) is 0 Å². The molecule has 0 fully saturated rings. The Morgan fingerprint density at radius 1 is 1.19 bits per heavy atom. The molecule has 1 aromatic carbocycles. The van der Waals surface area contributed by atoms with Crippen LogP contribution in [0.15, 0.2) is 34.9 Å². The van der Waals surface area contributed by atoms with Crippen LogP contribution in [-0.2, 0) is 14.6 Å². The molecule has 1 aromatic rings. The number of aliphatic hydroxyl groups is 2. The summed E-state index contributed by atoms with van der Waals surface area (Å²) < 4.78 is 24.4. The molecule has 0 bridgehead atoms. The van der Waals surface area contributed by atoms with Gasteiger partial charge in [0, 0.05) is 45.7 Å². The Hall–Kier alpha value is -2.10. The Bertz CT molecular complexity index is 787. The van der Waals surface area contributed by atoms with Gasteiger partial charge in [-0.05, 0) is 17.7 Å². The zero-order chi connectivity index (χ0) is 19.5. The SMILES string of the molecule is CN(C)c1ccc(C2C(S(C)(=O)=O)=C(O)C(=O)N2CCNCCO)cc1. The molecule has 0 spiro atoms. The van der Waals surface area contributed by atoms with E-state index in [1.54, 1.807) is 12.1 Å². The number of nitrogens with one attached hydrogen (secondary N) is 1. The number of hydrogen-bond donors (Lipinski definition) is 3. The van der Waals surface area contributed by atoms with E-state index in [4.69, 9.17) is 5.11 Å². The van der Waals surface area contributed by atoms with E-state index in [0.29, 0.717) is 18.7 Å². The highest BCUT2D eigenvalue weighted by atomic mass is 32.2. The molecule has 0 aliphatic carbocycles. The summed E-state index contributed by atoms with van der Waals surface area (Å²) in [5.74, 6) is -1.44. The summed E-state index contributed by atoms with van der Waals surface area (Å²) in [6.07, 6.45) is 0.987. The number of nitrogens with zero attached hydrogens (tertiary/aromatic N) is 2. The van der Waals surface area contributed by atoms with Gasteiger partial charge in [-0.1, -0.05) is 12.1 Å². The summed E-state index contributed by atoms with van der Waals surface area (Å²) in [4.78, 5) is 15.4. The highest BCUT2D eigenvalue weighted by Gasteiger charge is 2.44. The van der Waals surface area contributed by atoms with Crippen molar-refractivity contribution in [3.63, 3.8) is 0 Å². The van der Waals surface area contributed by atoms with E-state index in [0.717, 1.165) is 11.9 Å². The van der Waals surface area contributed by atoms with Gasteiger partial charge in [0.25, 0.3) is 5.91 Å². The Labute approximate surface area is 153 Å². The van der Waals surface area contributed by atoms with E-state index in [1.165, 1.54) is 4.90 Å². The molecular weight excluding hydrogens is 358 g/mol. The number of hydrogen-bond acceptors (Lipinski definition) is 7. The first-order chi connectivity index (χ1) is 12.2. The molecule has 0 saturated heterocycles. The minimum absolute atomic E-state index is 0.0402. The van der Waals surface area contributed by atoms with Crippen molar-refractivity contribution in [1.82, 2.24) is 10.2 Å². The molecular formula is C17H25N3O5S. The van der Waals surface area contributed by atoms with Crippen molar-refractivity contribution < 1.29 is 23.4 Å². The molecule has 2 rings (SSSR count). The van der Waals surface area contributed by atoms with Crippen LogP contribution >= 0.6 is 0 Å². The molecule has 1 aliphatic heterocycles. The summed E-state index contributed by atoms with van der Waals surface area (Å²) in [6.45, 7) is 0.884. The third-order valence-electron chi connectivity index (χ3n) is 4.20. The molecule has 26 heavy (non-hydrogen) atoms. The number of aliphatic hydroxyl groups excluding tert-OH is 2. The second-order valence-corrected chi connectivity index (χ2v) is 8.33. The maximum atomic E-state index is 12.5. The van der Waals surface area contributed by atoms with Crippen LogP contribution in [0.5, 0.6) is 0 Å². The fourth-order valence-electron chi connectivity index (χ4n) is 2.93. The van der Waals surface area contributed by atoms with E-state index in [9.17, 15) is 18.3 Å². The first kappa shape index (κ1) is 20.2. The molecule has 9 heteroatoms. The van der Waals surface area contributed by atoms with Crippen LogP contribution in [0.3, 0.4) is 0 Å². The van der Waals surface area contributed by atoms with Crippen LogP contribution in [0.1, 0.15) is 11.6 Å². The lowest BCUT2D eigenvalue weighted by atomic mass is 10.1. The predicted molar refractivity (Wildman–Crippen MR) is 99.7 cm³/mol. The van der Waals surface area contributed by atoms with E-state index in [2.05, 4.69) is 5.32 Å². The lowest BCUT2D eigenvalue weighted by Gasteiger charge is -2.27. The maximum absolute atomic E-state index is 12.5. The predicted octanol–water partition coefficient (Wildman–Crippen LogP) is 0.0320. The van der Waals surface area contributed by atoms with E-state index >= 15 is 0 Å². The normalized spacial score (nSPS) is 17.9. The number of sulfone groups is 1. The van der Waals surface area contributed by atoms with Gasteiger partial charge in [-0.3, -0.25) is 4.79 Å². The van der Waals surface area contributed by atoms with Gasteiger partial charge in [0.15, 0.2) is 15.6 Å². The molecule has 8 nitrogen and oxygen atoms in total. The smallest absolute Gasteiger partial charge is 0.290 e. The molecule has 1 heterocycles. The second kappa shape index (κ2) is 8.07. The van der Waals surface area contributed by atoms with Crippen LogP contribution in [0.25, 0.3) is 0 Å². The average Bonchev–Trinajstić information content (AvgIpc) is 2.83. The zero-order valence-corrected chi connectivity index (χ0v) is 16.0. The minimum atomic E-state index is -3.78. The molecule has 1 unspecified atom stereocenters. The van der Waals surface area contributed by atoms with Crippen molar-refractivity contribution in [3.05, 3.63) is 40.5 Å². The number of benzene rings is 1. The number of rotatable bonds is 8. The first-order valence-corrected chi connectivity index (χ1v) is 10.1. The molecule has 0 saturated carbocycles. The van der Waals surface area contributed by atoms with Gasteiger partial charge < -0.3 is 25.3 Å². The zero-order valence-electron chi connectivity index (χ0n) is 15.1. The fourth-order valence-corrected chi connectivity index (χ4v) is 4.04. The maximum Gasteiger partial charge on any atom is 0.290 e. The molecule has 0 aromatic heterocycles. The molecule has 1 aliphatic rings. The van der Waals surface area contributed by atoms with Crippen molar-refractivity contribution in [3.8, 4) is 0 Å². The van der Waals surface area contributed by atoms with Crippen LogP contribution < -0.4 is 10.2 Å². The largest absolute Gasteiger partial charge is 0.502 e. The molecule has 1 amide bonds. The summed E-state index contributed by atoms with van der Waals surface area (Å²) >= 11 is 0. The van der Waals surface area contributed by atoms with Crippen molar-refractivity contribution in [1.29, 1.82) is 0 Å². The van der Waals surface area contributed by atoms with Crippen molar-refractivity contribution in [2.45, 2.75) is 6.04 Å². The summed E-state index contributed by atoms with van der Waals surface area (Å²) in [5, 5.41) is 22.0. The molecule has 144 valence electrons. The fraction of sp³-hybridized carbons (Fsp3) is 0.471. The summed E-state index contributed by atoms with van der Waals surface area (Å²) in [7, 11) is -0.000740. The van der Waals surface area contributed by atoms with Gasteiger partial charge in [-0.15, -0.1) is 0 Å². The summed E-state index contributed by atoms with van der Waals surface area (Å²) in [5.41, 5.74) is 1.54. The standard InChI is InChI=1S/C17H25N3O5S/c1-19(2)13-6-4-12(5-7-13)14-16(26(3,24)25)15(22)17(23)20(14)10-8-18-9-11-21/h4-7,14,18,21-22H,8-11H2,1-3H3. The summed E-state index contributed by atoms with van der Waals surface area (Å²) in [6, 6.07) is 6.30. The molecule has 3 N–H and O–H groups in total. The second-order valence-electron chi connectivity index (χ2n) is 6.35. The van der Waals surface area contributed by atoms with Crippen LogP contribution in [0.4, 0.5) is 5.69 Å². The van der Waals surface area contributed by atoms with Crippen LogP contribution in [0.2, 0.25) is 0 Å². The molecule has 0 radical (unpaired) electrons. The Morgan fingerprint density at radius 3 is 2.31 bits per heavy atom. The Balaban J connectivity index is 2.40. The third kappa shape index (κ3) is 4.17. The quantitative estimate of drug-likeness (QED) is 0.543. The van der Waals surface area contributed by atoms with Gasteiger partial charge in [-0.25, -0.2) is 8.42 Å². The minimum Gasteiger partial charge on any atom is -0.502 e. The third-order valence-corrected chi connectivity index (χ3v) is 5.42. The lowest BCUT2D eigenvalue weighted by Crippen LogP contribution is -2.37. The van der Waals surface area contributed by atoms with Gasteiger partial charge in [-0.2, -0.15) is 0 Å². The van der Waals surface area contributed by atoms with Gasteiger partial charge in [0.2, 0.25) is 0 Å². The van der Waals surface area contributed by atoms with Gasteiger partial charge in [0.1, 0.15) is 4.91 Å². The van der Waals surface area contributed by atoms with Gasteiger partial charge >= 0.3 is 0 Å². The number of carbonyl (C=O) groups is 1. The molecule has 1 atom stereocenters. The Morgan fingerprint density at radius 2 is 1.81 bits per heavy atom. The Kier molecular flexibility index (Phi) is 6.27. The van der Waals surface area contributed by atoms with E-state index in [-0.39, 0.29) is 18.1 Å². The monoisotopic (exact) mass is 383 g/mol. The van der Waals surface area contributed by atoms with E-state index in [1.807, 2.05) is 31.1 Å². The van der Waals surface area contributed by atoms with E-state index < -0.39 is 27.5 Å². The first-order valence-electron chi connectivity index (χ1n) is 8.21. The topological polar surface area (TPSA) is 110 Å². The van der Waals surface area contributed by atoms with Crippen molar-refractivity contribution in [2.24, 2.45) is 0 Å².